The summed E-state index contributed by atoms with van der Waals surface area (Å²) in [5.41, 5.74) is -0.256. The Hall–Kier alpha value is -1.47. The second-order valence-electron chi connectivity index (χ2n) is 3.48. The van der Waals surface area contributed by atoms with E-state index < -0.39 is 30.3 Å². The largest absolute Gasteiger partial charge is 0.480 e. The molecule has 7 heteroatoms. The predicted octanol–water partition coefficient (Wildman–Crippen LogP) is 1.15. The van der Waals surface area contributed by atoms with E-state index in [1.54, 1.807) is 0 Å². The molecular formula is C11H11BrFNO4. The van der Waals surface area contributed by atoms with E-state index in [1.807, 2.05) is 0 Å². The highest BCUT2D eigenvalue weighted by atomic mass is 79.9. The molecule has 0 fully saturated rings. The minimum atomic E-state index is -1.28. The number of carbonyl (C=O) groups is 2. The van der Waals surface area contributed by atoms with Gasteiger partial charge in [-0.15, -0.1) is 0 Å². The zero-order chi connectivity index (χ0) is 13.7. The number of halogens is 2. The molecule has 1 atom stereocenters. The van der Waals surface area contributed by atoms with E-state index in [-0.39, 0.29) is 16.5 Å². The number of benzene rings is 1. The van der Waals surface area contributed by atoms with Gasteiger partial charge in [-0.1, -0.05) is 6.07 Å². The Morgan fingerprint density at radius 2 is 2.11 bits per heavy atom. The van der Waals surface area contributed by atoms with E-state index in [2.05, 4.69) is 21.2 Å². The van der Waals surface area contributed by atoms with Gasteiger partial charge >= 0.3 is 5.97 Å². The van der Waals surface area contributed by atoms with Gasteiger partial charge in [0.2, 0.25) is 0 Å². The van der Waals surface area contributed by atoms with Crippen molar-refractivity contribution in [1.29, 1.82) is 0 Å². The average molecular weight is 320 g/mol. The van der Waals surface area contributed by atoms with E-state index in [4.69, 9.17) is 10.2 Å². The molecule has 0 saturated heterocycles. The van der Waals surface area contributed by atoms with Crippen LogP contribution in [0, 0.1) is 5.82 Å². The maximum atomic E-state index is 13.6. The molecule has 0 spiro atoms. The van der Waals surface area contributed by atoms with Gasteiger partial charge in [-0.25, -0.2) is 9.18 Å². The summed E-state index contributed by atoms with van der Waals surface area (Å²) in [7, 11) is 0. The molecule has 0 unspecified atom stereocenters. The van der Waals surface area contributed by atoms with Crippen LogP contribution in [0.25, 0.3) is 0 Å². The van der Waals surface area contributed by atoms with Crippen LogP contribution in [0.3, 0.4) is 0 Å². The summed E-state index contributed by atoms with van der Waals surface area (Å²) in [5, 5.41) is 19.6. The van der Waals surface area contributed by atoms with Gasteiger partial charge in [-0.05, 0) is 28.1 Å². The SMILES string of the molecule is O=C(N[C@H](CCO)C(=O)O)c1cccc(Br)c1F. The molecule has 1 rings (SSSR count). The van der Waals surface area contributed by atoms with Crippen molar-refractivity contribution in [2.24, 2.45) is 0 Å². The van der Waals surface area contributed by atoms with Crippen molar-refractivity contribution in [3.8, 4) is 0 Å². The monoisotopic (exact) mass is 319 g/mol. The highest BCUT2D eigenvalue weighted by Gasteiger charge is 2.22. The lowest BCUT2D eigenvalue weighted by atomic mass is 10.1. The first kappa shape index (κ1) is 14.6. The maximum absolute atomic E-state index is 13.6. The number of rotatable bonds is 5. The van der Waals surface area contributed by atoms with E-state index in [0.717, 1.165) is 0 Å². The van der Waals surface area contributed by atoms with Crippen LogP contribution in [0.15, 0.2) is 22.7 Å². The number of hydrogen-bond donors (Lipinski definition) is 3. The molecule has 0 saturated carbocycles. The molecule has 0 heterocycles. The number of aliphatic hydroxyl groups excluding tert-OH is 1. The average Bonchev–Trinajstić information content (AvgIpc) is 2.31. The fraction of sp³-hybridized carbons (Fsp3) is 0.273. The first-order valence-corrected chi connectivity index (χ1v) is 5.85. The fourth-order valence-electron chi connectivity index (χ4n) is 1.30. The van der Waals surface area contributed by atoms with Crippen LogP contribution >= 0.6 is 15.9 Å². The molecule has 0 radical (unpaired) electrons. The number of carbonyl (C=O) groups excluding carboxylic acids is 1. The molecule has 1 aromatic carbocycles. The number of amides is 1. The van der Waals surface area contributed by atoms with Crippen LogP contribution in [0.2, 0.25) is 0 Å². The highest BCUT2D eigenvalue weighted by Crippen LogP contribution is 2.18. The summed E-state index contributed by atoms with van der Waals surface area (Å²) in [6.45, 7) is -0.391. The van der Waals surface area contributed by atoms with Crippen LogP contribution in [-0.2, 0) is 4.79 Å². The molecule has 18 heavy (non-hydrogen) atoms. The van der Waals surface area contributed by atoms with Gasteiger partial charge in [-0.3, -0.25) is 4.79 Å². The number of aliphatic carboxylic acids is 1. The summed E-state index contributed by atoms with van der Waals surface area (Å²) in [5.74, 6) is -2.88. The standard InChI is InChI=1S/C11H11BrFNO4/c12-7-3-1-2-6(9(7)13)10(16)14-8(4-5-15)11(17)18/h1-3,8,15H,4-5H2,(H,14,16)(H,17,18)/t8-/m1/s1. The van der Waals surface area contributed by atoms with Gasteiger partial charge in [-0.2, -0.15) is 0 Å². The van der Waals surface area contributed by atoms with Crippen LogP contribution in [0.5, 0.6) is 0 Å². The Kier molecular flexibility index (Phi) is 5.24. The molecule has 0 aliphatic rings. The van der Waals surface area contributed by atoms with Crippen molar-refractivity contribution < 1.29 is 24.2 Å². The van der Waals surface area contributed by atoms with Crippen molar-refractivity contribution in [3.05, 3.63) is 34.1 Å². The lowest BCUT2D eigenvalue weighted by Crippen LogP contribution is -2.41. The van der Waals surface area contributed by atoms with Crippen molar-refractivity contribution >= 4 is 27.8 Å². The molecule has 0 aliphatic heterocycles. The zero-order valence-corrected chi connectivity index (χ0v) is 10.8. The Morgan fingerprint density at radius 3 is 2.67 bits per heavy atom. The number of carboxylic acid groups (broad SMARTS) is 1. The summed E-state index contributed by atoms with van der Waals surface area (Å²) in [4.78, 5) is 22.5. The number of carboxylic acids is 1. The normalized spacial score (nSPS) is 11.9. The van der Waals surface area contributed by atoms with Crippen molar-refractivity contribution in [3.63, 3.8) is 0 Å². The molecule has 0 aromatic heterocycles. The smallest absolute Gasteiger partial charge is 0.326 e. The van der Waals surface area contributed by atoms with Crippen LogP contribution in [-0.4, -0.2) is 34.7 Å². The third-order valence-corrected chi connectivity index (χ3v) is 2.83. The van der Waals surface area contributed by atoms with Crippen molar-refractivity contribution in [1.82, 2.24) is 5.32 Å². The lowest BCUT2D eigenvalue weighted by molar-refractivity contribution is -0.139. The van der Waals surface area contributed by atoms with Crippen LogP contribution in [0.1, 0.15) is 16.8 Å². The molecule has 1 aromatic rings. The molecule has 5 nitrogen and oxygen atoms in total. The zero-order valence-electron chi connectivity index (χ0n) is 9.19. The van der Waals surface area contributed by atoms with Crippen LogP contribution < -0.4 is 5.32 Å². The Morgan fingerprint density at radius 1 is 1.44 bits per heavy atom. The number of aliphatic hydroxyl groups is 1. The van der Waals surface area contributed by atoms with Gasteiger partial charge < -0.3 is 15.5 Å². The van der Waals surface area contributed by atoms with E-state index in [0.29, 0.717) is 0 Å². The third-order valence-electron chi connectivity index (χ3n) is 2.22. The summed E-state index contributed by atoms with van der Waals surface area (Å²) in [6, 6.07) is 2.88. The first-order chi connectivity index (χ1) is 8.47. The van der Waals surface area contributed by atoms with Gasteiger partial charge in [0.05, 0.1) is 10.0 Å². The molecular weight excluding hydrogens is 309 g/mol. The quantitative estimate of drug-likeness (QED) is 0.760. The molecule has 3 N–H and O–H groups in total. The third kappa shape index (κ3) is 3.51. The Balaban J connectivity index is 2.87. The highest BCUT2D eigenvalue weighted by molar-refractivity contribution is 9.10. The van der Waals surface area contributed by atoms with Gasteiger partial charge in [0.1, 0.15) is 11.9 Å². The van der Waals surface area contributed by atoms with Gasteiger partial charge in [0.15, 0.2) is 0 Å². The fourth-order valence-corrected chi connectivity index (χ4v) is 1.67. The molecule has 0 bridgehead atoms. The van der Waals surface area contributed by atoms with E-state index >= 15 is 0 Å². The Bertz CT molecular complexity index is 466. The topological polar surface area (TPSA) is 86.6 Å². The number of nitrogens with one attached hydrogen (secondary N) is 1. The molecule has 0 aliphatic carbocycles. The molecule has 1 amide bonds. The summed E-state index contributed by atoms with van der Waals surface area (Å²) in [6.07, 6.45) is -0.142. The number of hydrogen-bond acceptors (Lipinski definition) is 3. The lowest BCUT2D eigenvalue weighted by Gasteiger charge is -2.13. The van der Waals surface area contributed by atoms with Crippen LogP contribution in [0.4, 0.5) is 4.39 Å². The van der Waals surface area contributed by atoms with E-state index in [9.17, 15) is 14.0 Å². The Labute approximate surface area is 111 Å². The second kappa shape index (κ2) is 6.46. The second-order valence-corrected chi connectivity index (χ2v) is 4.33. The minimum Gasteiger partial charge on any atom is -0.480 e. The predicted molar refractivity (Wildman–Crippen MR) is 64.7 cm³/mol. The van der Waals surface area contributed by atoms with E-state index in [1.165, 1.54) is 18.2 Å². The van der Waals surface area contributed by atoms with Crippen molar-refractivity contribution in [2.45, 2.75) is 12.5 Å². The van der Waals surface area contributed by atoms with Crippen molar-refractivity contribution in [2.75, 3.05) is 6.61 Å². The van der Waals surface area contributed by atoms with Gasteiger partial charge in [0.25, 0.3) is 5.91 Å². The molecule has 98 valence electrons. The maximum Gasteiger partial charge on any atom is 0.326 e. The van der Waals surface area contributed by atoms with Gasteiger partial charge in [0, 0.05) is 13.0 Å². The summed E-state index contributed by atoms with van der Waals surface area (Å²) < 4.78 is 13.7. The minimum absolute atomic E-state index is 0.115. The summed E-state index contributed by atoms with van der Waals surface area (Å²) >= 11 is 2.93. The first-order valence-electron chi connectivity index (χ1n) is 5.06.